The zero-order chi connectivity index (χ0) is 22.7. The molecule has 0 heterocycles. The van der Waals surface area contributed by atoms with Gasteiger partial charge in [0, 0.05) is 11.8 Å². The van der Waals surface area contributed by atoms with E-state index in [0.717, 1.165) is 30.6 Å². The smallest absolute Gasteiger partial charge is 0.139 e. The van der Waals surface area contributed by atoms with Crippen molar-refractivity contribution in [1.82, 2.24) is 0 Å². The Balaban J connectivity index is 1.55. The maximum atomic E-state index is 13.0. The first kappa shape index (κ1) is 22.5. The van der Waals surface area contributed by atoms with Crippen LogP contribution < -0.4 is 0 Å². The Labute approximate surface area is 192 Å². The number of hydrogen-bond donors (Lipinski definition) is 0. The minimum atomic E-state index is -0.129. The molecule has 0 bridgehead atoms. The van der Waals surface area contributed by atoms with Crippen molar-refractivity contribution in [3.63, 3.8) is 0 Å². The van der Waals surface area contributed by atoms with Crippen LogP contribution in [0.4, 0.5) is 0 Å². The summed E-state index contributed by atoms with van der Waals surface area (Å²) in [4.78, 5) is 13.0. The van der Waals surface area contributed by atoms with E-state index in [4.69, 9.17) is 0 Å². The molecule has 5 rings (SSSR count). The van der Waals surface area contributed by atoms with E-state index < -0.39 is 0 Å². The van der Waals surface area contributed by atoms with Crippen molar-refractivity contribution >= 4 is 5.78 Å². The monoisotopic (exact) mass is 426 g/mol. The van der Waals surface area contributed by atoms with Crippen molar-refractivity contribution in [2.75, 3.05) is 0 Å². The fraction of sp³-hybridized carbons (Fsp3) is 0.967. The molecular formula is C30H50O. The first-order valence-electron chi connectivity index (χ1n) is 13.8. The van der Waals surface area contributed by atoms with Crippen molar-refractivity contribution in [1.29, 1.82) is 0 Å². The fourth-order valence-electron chi connectivity index (χ4n) is 11.2. The molecular weight excluding hydrogens is 376 g/mol. The van der Waals surface area contributed by atoms with Crippen LogP contribution in [0, 0.1) is 56.2 Å². The number of fused-ring (bicyclic) bond motifs is 7. The molecule has 0 N–H and O–H groups in total. The predicted molar refractivity (Wildman–Crippen MR) is 130 cm³/mol. The molecule has 0 aliphatic heterocycles. The molecule has 176 valence electrons. The van der Waals surface area contributed by atoms with Gasteiger partial charge < -0.3 is 0 Å². The molecule has 0 radical (unpaired) electrons. The normalized spacial score (nSPS) is 58.5. The molecule has 0 saturated heterocycles. The summed E-state index contributed by atoms with van der Waals surface area (Å²) >= 11 is 0. The van der Waals surface area contributed by atoms with Crippen LogP contribution in [0.1, 0.15) is 126 Å². The topological polar surface area (TPSA) is 17.1 Å². The van der Waals surface area contributed by atoms with Gasteiger partial charge in [-0.3, -0.25) is 4.79 Å². The molecule has 5 aliphatic rings. The van der Waals surface area contributed by atoms with E-state index in [1.165, 1.54) is 57.8 Å². The second kappa shape index (κ2) is 6.41. The van der Waals surface area contributed by atoms with Gasteiger partial charge in [0.25, 0.3) is 0 Å². The Morgan fingerprint density at radius 3 is 2.03 bits per heavy atom. The largest absolute Gasteiger partial charge is 0.299 e. The Kier molecular flexibility index (Phi) is 4.65. The molecule has 1 heteroatoms. The summed E-state index contributed by atoms with van der Waals surface area (Å²) in [6, 6.07) is 0. The minimum Gasteiger partial charge on any atom is -0.299 e. The molecule has 5 aliphatic carbocycles. The van der Waals surface area contributed by atoms with E-state index in [9.17, 15) is 4.79 Å². The van der Waals surface area contributed by atoms with E-state index in [0.29, 0.717) is 33.4 Å². The maximum Gasteiger partial charge on any atom is 0.139 e. The summed E-state index contributed by atoms with van der Waals surface area (Å²) in [5, 5.41) is 0. The highest BCUT2D eigenvalue weighted by Crippen LogP contribution is 2.78. The van der Waals surface area contributed by atoms with Crippen LogP contribution in [0.5, 0.6) is 0 Å². The summed E-state index contributed by atoms with van der Waals surface area (Å²) in [5.74, 6) is 3.91. The van der Waals surface area contributed by atoms with Gasteiger partial charge in [0.1, 0.15) is 5.78 Å². The van der Waals surface area contributed by atoms with Crippen LogP contribution in [-0.4, -0.2) is 5.78 Å². The van der Waals surface area contributed by atoms with E-state index in [2.05, 4.69) is 55.4 Å². The van der Waals surface area contributed by atoms with Crippen LogP contribution >= 0.6 is 0 Å². The Morgan fingerprint density at radius 2 is 1.32 bits per heavy atom. The quantitative estimate of drug-likeness (QED) is 0.379. The first-order valence-corrected chi connectivity index (χ1v) is 13.8. The maximum absolute atomic E-state index is 13.0. The lowest BCUT2D eigenvalue weighted by Gasteiger charge is -2.74. The van der Waals surface area contributed by atoms with Gasteiger partial charge in [-0.05, 0) is 102 Å². The van der Waals surface area contributed by atoms with Gasteiger partial charge >= 0.3 is 0 Å². The second-order valence-corrected chi connectivity index (χ2v) is 15.2. The van der Waals surface area contributed by atoms with Gasteiger partial charge in [0.15, 0.2) is 0 Å². The van der Waals surface area contributed by atoms with Gasteiger partial charge in [-0.15, -0.1) is 0 Å². The van der Waals surface area contributed by atoms with E-state index in [-0.39, 0.29) is 10.8 Å². The third-order valence-electron chi connectivity index (χ3n) is 13.7. The molecule has 1 nitrogen and oxygen atoms in total. The first-order chi connectivity index (χ1) is 14.2. The fourth-order valence-corrected chi connectivity index (χ4v) is 11.2. The third-order valence-corrected chi connectivity index (χ3v) is 13.7. The SMILES string of the molecule is C[C@H]1CCC[C@@H]2[C@]1(C)CC[C@H]1[C@@]2(C)CC[C@@]2(C)[C@@H]3CC(C)(C)C(=O)C[C@]3(C)CC[C@]12C. The van der Waals surface area contributed by atoms with Crippen molar-refractivity contribution in [3.05, 3.63) is 0 Å². The number of hydrogen-bond acceptors (Lipinski definition) is 1. The number of carbonyl (C=O) groups excluding carboxylic acids is 1. The summed E-state index contributed by atoms with van der Waals surface area (Å²) in [7, 11) is 0. The lowest BCUT2D eigenvalue weighted by Crippen LogP contribution is -2.67. The van der Waals surface area contributed by atoms with Crippen LogP contribution in [0.25, 0.3) is 0 Å². The van der Waals surface area contributed by atoms with Crippen LogP contribution in [0.15, 0.2) is 0 Å². The zero-order valence-corrected chi connectivity index (χ0v) is 22.0. The number of ketones is 1. The van der Waals surface area contributed by atoms with E-state index >= 15 is 0 Å². The third kappa shape index (κ3) is 2.65. The predicted octanol–water partition coefficient (Wildman–Crippen LogP) is 8.46. The van der Waals surface area contributed by atoms with Crippen LogP contribution in [-0.2, 0) is 4.79 Å². The van der Waals surface area contributed by atoms with Gasteiger partial charge in [-0.1, -0.05) is 68.2 Å². The molecule has 0 aromatic carbocycles. The van der Waals surface area contributed by atoms with Crippen LogP contribution in [0.3, 0.4) is 0 Å². The minimum absolute atomic E-state index is 0.129. The number of Topliss-reactive ketones (excluding diaryl/α,β-unsaturated/α-hetero) is 1. The molecule has 0 unspecified atom stereocenters. The van der Waals surface area contributed by atoms with Gasteiger partial charge in [-0.25, -0.2) is 0 Å². The van der Waals surface area contributed by atoms with Crippen molar-refractivity contribution in [3.8, 4) is 0 Å². The Morgan fingerprint density at radius 1 is 0.677 bits per heavy atom. The van der Waals surface area contributed by atoms with Crippen molar-refractivity contribution in [2.24, 2.45) is 56.2 Å². The number of carbonyl (C=O) groups is 1. The highest BCUT2D eigenvalue weighted by molar-refractivity contribution is 5.85. The molecule has 0 spiro atoms. The number of rotatable bonds is 0. The summed E-state index contributed by atoms with van der Waals surface area (Å²) in [6.45, 7) is 20.4. The average molecular weight is 427 g/mol. The molecule has 0 amide bonds. The van der Waals surface area contributed by atoms with Gasteiger partial charge in [0.2, 0.25) is 0 Å². The molecule has 0 aromatic heterocycles. The van der Waals surface area contributed by atoms with E-state index in [1.807, 2.05) is 0 Å². The average Bonchev–Trinajstić information content (AvgIpc) is 2.68. The second-order valence-electron chi connectivity index (χ2n) is 15.2. The van der Waals surface area contributed by atoms with Crippen molar-refractivity contribution in [2.45, 2.75) is 126 Å². The zero-order valence-electron chi connectivity index (χ0n) is 22.0. The summed E-state index contributed by atoms with van der Waals surface area (Å²) < 4.78 is 0. The highest BCUT2D eigenvalue weighted by atomic mass is 16.1. The molecule has 0 aromatic rings. The van der Waals surface area contributed by atoms with Gasteiger partial charge in [0.05, 0.1) is 0 Å². The van der Waals surface area contributed by atoms with E-state index in [1.54, 1.807) is 0 Å². The molecule has 5 saturated carbocycles. The molecule has 9 atom stereocenters. The van der Waals surface area contributed by atoms with Crippen LogP contribution in [0.2, 0.25) is 0 Å². The van der Waals surface area contributed by atoms with Crippen molar-refractivity contribution < 1.29 is 4.79 Å². The van der Waals surface area contributed by atoms with Gasteiger partial charge in [-0.2, -0.15) is 0 Å². The molecule has 31 heavy (non-hydrogen) atoms. The lowest BCUT2D eigenvalue weighted by atomic mass is 9.30. The summed E-state index contributed by atoms with van der Waals surface area (Å²) in [5.41, 5.74) is 2.01. The Hall–Kier alpha value is -0.330. The standard InChI is InChI=1S/C30H50O/c1-20-10-9-11-21-27(20,5)13-12-22-28(21,6)15-17-30(8)23-18-25(2,3)24(31)19-26(23,4)14-16-29(22,30)7/h20-23H,9-19H2,1-8H3/t20-,21+,22-,23+,26-,27+,28-,29+,30-/m0/s1. The summed E-state index contributed by atoms with van der Waals surface area (Å²) in [6.07, 6.45) is 14.7. The molecule has 5 fully saturated rings. The lowest BCUT2D eigenvalue weighted by molar-refractivity contribution is -0.255. The highest BCUT2D eigenvalue weighted by Gasteiger charge is 2.71. The Bertz CT molecular complexity index is 781.